The maximum Gasteiger partial charge on any atom is 0.322 e. The Kier molecular flexibility index (Phi) is 6.14. The predicted molar refractivity (Wildman–Crippen MR) is 98.3 cm³/mol. The maximum absolute atomic E-state index is 12.9. The van der Waals surface area contributed by atoms with Crippen LogP contribution in [0.25, 0.3) is 0 Å². The van der Waals surface area contributed by atoms with Gasteiger partial charge in [0, 0.05) is 5.56 Å². The molecular formula is C20H20FN3O3. The van der Waals surface area contributed by atoms with E-state index in [9.17, 15) is 9.18 Å². The van der Waals surface area contributed by atoms with Crippen LogP contribution in [0.3, 0.4) is 0 Å². The number of rotatable bonds is 8. The van der Waals surface area contributed by atoms with E-state index in [2.05, 4.69) is 22.4 Å². The lowest BCUT2D eigenvalue weighted by molar-refractivity contribution is 0.102. The van der Waals surface area contributed by atoms with Crippen molar-refractivity contribution in [3.63, 3.8) is 0 Å². The molecule has 0 saturated carbocycles. The fourth-order valence-corrected chi connectivity index (χ4v) is 2.38. The summed E-state index contributed by atoms with van der Waals surface area (Å²) in [7, 11) is 0. The summed E-state index contributed by atoms with van der Waals surface area (Å²) in [4.78, 5) is 12.4. The Hall–Kier alpha value is -3.22. The lowest BCUT2D eigenvalue weighted by Crippen LogP contribution is -2.12. The Morgan fingerprint density at radius 1 is 1.19 bits per heavy atom. The summed E-state index contributed by atoms with van der Waals surface area (Å²) >= 11 is 0. The molecule has 3 rings (SSSR count). The minimum absolute atomic E-state index is 0.00872. The zero-order valence-electron chi connectivity index (χ0n) is 14.9. The Balaban J connectivity index is 1.60. The van der Waals surface area contributed by atoms with E-state index in [4.69, 9.17) is 9.15 Å². The number of nitrogens with one attached hydrogen (secondary N) is 1. The highest BCUT2D eigenvalue weighted by Crippen LogP contribution is 2.16. The number of aromatic nitrogens is 2. The number of ether oxygens (including phenoxy) is 1. The molecule has 0 radical (unpaired) electrons. The number of carbonyl (C=O) groups is 1. The fourth-order valence-electron chi connectivity index (χ4n) is 2.38. The third-order valence-electron chi connectivity index (χ3n) is 3.82. The summed E-state index contributed by atoms with van der Waals surface area (Å²) in [5.74, 6) is 0.290. The van der Waals surface area contributed by atoms with Gasteiger partial charge in [0.25, 0.3) is 5.91 Å². The molecule has 1 amide bonds. The lowest BCUT2D eigenvalue weighted by Gasteiger charge is -2.07. The molecule has 0 aliphatic heterocycles. The van der Waals surface area contributed by atoms with E-state index in [1.54, 1.807) is 36.4 Å². The van der Waals surface area contributed by atoms with Crippen LogP contribution >= 0.6 is 0 Å². The zero-order chi connectivity index (χ0) is 19.1. The van der Waals surface area contributed by atoms with Gasteiger partial charge in [0.15, 0.2) is 0 Å². The highest BCUT2D eigenvalue weighted by Gasteiger charge is 2.13. The molecule has 0 atom stereocenters. The number of hydrogen-bond acceptors (Lipinski definition) is 5. The van der Waals surface area contributed by atoms with Gasteiger partial charge in [-0.3, -0.25) is 10.1 Å². The minimum Gasteiger partial charge on any atom is -0.494 e. The van der Waals surface area contributed by atoms with E-state index in [-0.39, 0.29) is 17.7 Å². The SMILES string of the molecule is CCCCOc1cccc(C(=O)Nc2nnc(Cc3ccc(F)cc3)o2)c1. The van der Waals surface area contributed by atoms with Gasteiger partial charge in [-0.2, -0.15) is 0 Å². The van der Waals surface area contributed by atoms with Crippen LogP contribution in [-0.2, 0) is 6.42 Å². The molecule has 0 bridgehead atoms. The molecule has 0 fully saturated rings. The molecule has 0 saturated heterocycles. The second-order valence-electron chi connectivity index (χ2n) is 5.99. The van der Waals surface area contributed by atoms with E-state index < -0.39 is 0 Å². The number of amides is 1. The Labute approximate surface area is 156 Å². The molecule has 7 heteroatoms. The standard InChI is InChI=1S/C20H20FN3O3/c1-2-3-11-26-17-6-4-5-15(13-17)19(25)22-20-24-23-18(27-20)12-14-7-9-16(21)10-8-14/h4-10,13H,2-3,11-12H2,1H3,(H,22,24,25). The quantitative estimate of drug-likeness (QED) is 0.601. The number of unbranched alkanes of at least 4 members (excludes halogenated alkanes) is 1. The number of carbonyl (C=O) groups excluding carboxylic acids is 1. The molecule has 0 spiro atoms. The number of nitrogens with zero attached hydrogens (tertiary/aromatic N) is 2. The highest BCUT2D eigenvalue weighted by molar-refractivity contribution is 6.03. The molecule has 3 aromatic rings. The summed E-state index contributed by atoms with van der Waals surface area (Å²) in [6.07, 6.45) is 2.34. The van der Waals surface area contributed by atoms with Crippen LogP contribution < -0.4 is 10.1 Å². The van der Waals surface area contributed by atoms with Gasteiger partial charge in [0.2, 0.25) is 5.89 Å². The molecular weight excluding hydrogens is 349 g/mol. The zero-order valence-corrected chi connectivity index (χ0v) is 14.9. The van der Waals surface area contributed by atoms with Crippen molar-refractivity contribution in [2.24, 2.45) is 0 Å². The minimum atomic E-state index is -0.368. The van der Waals surface area contributed by atoms with Crippen molar-refractivity contribution in [2.75, 3.05) is 11.9 Å². The van der Waals surface area contributed by atoms with Crippen LogP contribution in [0.15, 0.2) is 52.9 Å². The molecule has 2 aromatic carbocycles. The van der Waals surface area contributed by atoms with E-state index in [0.29, 0.717) is 30.2 Å². The normalized spacial score (nSPS) is 10.6. The summed E-state index contributed by atoms with van der Waals surface area (Å²) in [5.41, 5.74) is 1.26. The monoisotopic (exact) mass is 369 g/mol. The number of anilines is 1. The average Bonchev–Trinajstić information content (AvgIpc) is 3.11. The van der Waals surface area contributed by atoms with Crippen molar-refractivity contribution in [1.82, 2.24) is 10.2 Å². The molecule has 1 N–H and O–H groups in total. The Bertz CT molecular complexity index is 893. The lowest BCUT2D eigenvalue weighted by atomic mass is 10.1. The number of benzene rings is 2. The number of hydrogen-bond donors (Lipinski definition) is 1. The molecule has 0 aliphatic carbocycles. The van der Waals surface area contributed by atoms with Gasteiger partial charge in [0.1, 0.15) is 11.6 Å². The van der Waals surface area contributed by atoms with Gasteiger partial charge in [-0.15, -0.1) is 5.10 Å². The average molecular weight is 369 g/mol. The van der Waals surface area contributed by atoms with E-state index in [1.165, 1.54) is 12.1 Å². The first-order valence-corrected chi connectivity index (χ1v) is 8.75. The van der Waals surface area contributed by atoms with E-state index in [0.717, 1.165) is 18.4 Å². The van der Waals surface area contributed by atoms with Crippen LogP contribution in [-0.4, -0.2) is 22.7 Å². The van der Waals surface area contributed by atoms with Gasteiger partial charge >= 0.3 is 6.01 Å². The molecule has 140 valence electrons. The van der Waals surface area contributed by atoms with Crippen molar-refractivity contribution < 1.29 is 18.3 Å². The summed E-state index contributed by atoms with van der Waals surface area (Å²) in [6, 6.07) is 12.9. The summed E-state index contributed by atoms with van der Waals surface area (Å²) in [5, 5.41) is 10.3. The molecule has 0 aliphatic rings. The smallest absolute Gasteiger partial charge is 0.322 e. The van der Waals surface area contributed by atoms with Crippen molar-refractivity contribution in [3.05, 3.63) is 71.4 Å². The van der Waals surface area contributed by atoms with Crippen LogP contribution in [0.1, 0.15) is 41.6 Å². The summed E-state index contributed by atoms with van der Waals surface area (Å²) in [6.45, 7) is 2.69. The third-order valence-corrected chi connectivity index (χ3v) is 3.82. The topological polar surface area (TPSA) is 77.2 Å². The van der Waals surface area contributed by atoms with Gasteiger partial charge in [-0.05, 0) is 42.3 Å². The van der Waals surface area contributed by atoms with Crippen molar-refractivity contribution >= 4 is 11.9 Å². The predicted octanol–water partition coefficient (Wildman–Crippen LogP) is 4.23. The first kappa shape index (κ1) is 18.6. The van der Waals surface area contributed by atoms with Crippen LogP contribution in [0, 0.1) is 5.82 Å². The van der Waals surface area contributed by atoms with Gasteiger partial charge in [-0.25, -0.2) is 4.39 Å². The molecule has 6 nitrogen and oxygen atoms in total. The first-order valence-electron chi connectivity index (χ1n) is 8.75. The third kappa shape index (κ3) is 5.37. The van der Waals surface area contributed by atoms with E-state index in [1.807, 2.05) is 0 Å². The first-order chi connectivity index (χ1) is 13.1. The summed E-state index contributed by atoms with van der Waals surface area (Å²) < 4.78 is 24.0. The van der Waals surface area contributed by atoms with Gasteiger partial charge in [0.05, 0.1) is 13.0 Å². The van der Waals surface area contributed by atoms with Gasteiger partial charge < -0.3 is 9.15 Å². The Morgan fingerprint density at radius 2 is 2.00 bits per heavy atom. The van der Waals surface area contributed by atoms with Crippen LogP contribution in [0.2, 0.25) is 0 Å². The van der Waals surface area contributed by atoms with E-state index >= 15 is 0 Å². The van der Waals surface area contributed by atoms with Crippen molar-refractivity contribution in [1.29, 1.82) is 0 Å². The molecule has 1 heterocycles. The second-order valence-corrected chi connectivity index (χ2v) is 5.99. The van der Waals surface area contributed by atoms with Crippen molar-refractivity contribution in [3.8, 4) is 5.75 Å². The van der Waals surface area contributed by atoms with Crippen molar-refractivity contribution in [2.45, 2.75) is 26.2 Å². The van der Waals surface area contributed by atoms with Crippen LogP contribution in [0.5, 0.6) is 5.75 Å². The Morgan fingerprint density at radius 3 is 2.78 bits per heavy atom. The molecule has 1 aromatic heterocycles. The molecule has 27 heavy (non-hydrogen) atoms. The maximum atomic E-state index is 12.9. The van der Waals surface area contributed by atoms with Gasteiger partial charge in [-0.1, -0.05) is 36.6 Å². The highest BCUT2D eigenvalue weighted by atomic mass is 19.1. The number of halogens is 1. The fraction of sp³-hybridized carbons (Fsp3) is 0.250. The second kappa shape index (κ2) is 8.93. The largest absolute Gasteiger partial charge is 0.494 e. The van der Waals surface area contributed by atoms with Crippen LogP contribution in [0.4, 0.5) is 10.4 Å². The molecule has 0 unspecified atom stereocenters.